The van der Waals surface area contributed by atoms with Crippen molar-refractivity contribution in [3.63, 3.8) is 0 Å². The van der Waals surface area contributed by atoms with Gasteiger partial charge in [-0.2, -0.15) is 0 Å². The summed E-state index contributed by atoms with van der Waals surface area (Å²) in [6, 6.07) is 0. The van der Waals surface area contributed by atoms with E-state index in [4.69, 9.17) is 0 Å². The molecule has 0 aromatic rings. The second kappa shape index (κ2) is 5.19. The molecule has 0 N–H and O–H groups in total. The molecular weight excluding hydrogens is 246 g/mol. The zero-order valence-electron chi connectivity index (χ0n) is 9.75. The van der Waals surface area contributed by atoms with Crippen molar-refractivity contribution in [1.82, 2.24) is 0 Å². The number of hydrogen-bond donors (Lipinski definition) is 0. The van der Waals surface area contributed by atoms with Gasteiger partial charge in [0.05, 0.1) is 6.67 Å². The molecule has 2 bridgehead atoms. The molecule has 3 aliphatic carbocycles. The quantitative estimate of drug-likeness (QED) is 0.384. The molecular formula is C10H16BF4K. The van der Waals surface area contributed by atoms with Gasteiger partial charge in [0.2, 0.25) is 0 Å². The molecule has 0 aromatic heterocycles. The van der Waals surface area contributed by atoms with E-state index in [-0.39, 0.29) is 63.5 Å². The van der Waals surface area contributed by atoms with E-state index in [0.717, 1.165) is 19.3 Å². The van der Waals surface area contributed by atoms with Crippen LogP contribution in [-0.2, 0) is 0 Å². The number of rotatable bonds is 6. The largest absolute Gasteiger partial charge is 1.00 e. The van der Waals surface area contributed by atoms with E-state index >= 15 is 0 Å². The Morgan fingerprint density at radius 3 is 1.94 bits per heavy atom. The van der Waals surface area contributed by atoms with Crippen molar-refractivity contribution in [3.05, 3.63) is 0 Å². The van der Waals surface area contributed by atoms with Gasteiger partial charge in [0.15, 0.2) is 0 Å². The Bertz CT molecular complexity index is 234. The van der Waals surface area contributed by atoms with Crippen LogP contribution < -0.4 is 51.4 Å². The monoisotopic (exact) mass is 262 g/mol. The minimum absolute atomic E-state index is 0. The summed E-state index contributed by atoms with van der Waals surface area (Å²) in [4.78, 5) is 0. The molecule has 0 spiro atoms. The molecule has 16 heavy (non-hydrogen) atoms. The minimum atomic E-state index is -4.62. The van der Waals surface area contributed by atoms with Gasteiger partial charge in [-0.25, -0.2) is 0 Å². The van der Waals surface area contributed by atoms with Crippen LogP contribution in [-0.4, -0.2) is 13.7 Å². The molecule has 0 aromatic carbocycles. The van der Waals surface area contributed by atoms with Crippen molar-refractivity contribution >= 4 is 6.98 Å². The number of halogens is 4. The summed E-state index contributed by atoms with van der Waals surface area (Å²) >= 11 is 0. The Morgan fingerprint density at radius 2 is 1.50 bits per heavy atom. The molecule has 0 unspecified atom stereocenters. The van der Waals surface area contributed by atoms with Crippen molar-refractivity contribution in [2.75, 3.05) is 6.67 Å². The molecule has 3 saturated carbocycles. The maximum Gasteiger partial charge on any atom is 1.00 e. The summed E-state index contributed by atoms with van der Waals surface area (Å²) in [7, 11) is 0. The summed E-state index contributed by atoms with van der Waals surface area (Å²) in [5, 5.41) is -1.25. The molecule has 0 nitrogen and oxygen atoms in total. The van der Waals surface area contributed by atoms with Gasteiger partial charge in [-0.05, 0) is 18.3 Å². The van der Waals surface area contributed by atoms with Crippen LogP contribution in [0.3, 0.4) is 0 Å². The molecule has 88 valence electrons. The van der Waals surface area contributed by atoms with Crippen molar-refractivity contribution < 1.29 is 68.7 Å². The summed E-state index contributed by atoms with van der Waals surface area (Å²) in [6.07, 6.45) is 4.23. The van der Waals surface area contributed by atoms with E-state index in [1.54, 1.807) is 0 Å². The van der Waals surface area contributed by atoms with E-state index in [1.807, 2.05) is 0 Å². The van der Waals surface area contributed by atoms with Crippen LogP contribution in [0.1, 0.15) is 44.9 Å². The Hall–Kier alpha value is 1.42. The fourth-order valence-corrected chi connectivity index (χ4v) is 3.47. The topological polar surface area (TPSA) is 0 Å². The first kappa shape index (κ1) is 15.5. The molecule has 6 heteroatoms. The molecule has 3 rings (SSSR count). The van der Waals surface area contributed by atoms with Gasteiger partial charge in [-0.3, -0.25) is 4.39 Å². The second-order valence-electron chi connectivity index (χ2n) is 5.47. The summed E-state index contributed by atoms with van der Waals surface area (Å²) in [6.45, 7) is -4.93. The van der Waals surface area contributed by atoms with Crippen LogP contribution in [0.2, 0.25) is 5.31 Å². The normalized spacial score (nSPS) is 36.0. The Balaban J connectivity index is 0.00000128. The summed E-state index contributed by atoms with van der Waals surface area (Å²) < 4.78 is 49.4. The number of unbranched alkanes of at least 4 members (excludes halogenated alkanes) is 2. The van der Waals surface area contributed by atoms with Crippen molar-refractivity contribution in [2.24, 2.45) is 5.41 Å². The molecule has 3 fully saturated rings. The minimum Gasteiger partial charge on any atom is -0.449 e. The third-order valence-electron chi connectivity index (χ3n) is 4.22. The van der Waals surface area contributed by atoms with Crippen molar-refractivity contribution in [3.8, 4) is 0 Å². The summed E-state index contributed by atoms with van der Waals surface area (Å²) in [5.41, 5.74) is 0.00752. The molecule has 0 heterocycles. The Morgan fingerprint density at radius 1 is 0.938 bits per heavy atom. The smallest absolute Gasteiger partial charge is 0.449 e. The van der Waals surface area contributed by atoms with Crippen LogP contribution in [0.15, 0.2) is 0 Å². The van der Waals surface area contributed by atoms with Crippen molar-refractivity contribution in [1.29, 1.82) is 0 Å². The van der Waals surface area contributed by atoms with E-state index in [2.05, 4.69) is 0 Å². The number of hydrogen-bond acceptors (Lipinski definition) is 0. The van der Waals surface area contributed by atoms with Gasteiger partial charge >= 0.3 is 58.4 Å². The average Bonchev–Trinajstić information content (AvgIpc) is 1.95. The SMILES string of the molecule is FCCCCCC12CC([B-](F)(F)F)(C1)C2.[K+]. The molecule has 3 aliphatic rings. The van der Waals surface area contributed by atoms with Crippen LogP contribution in [0.25, 0.3) is 0 Å². The Kier molecular flexibility index (Phi) is 5.02. The standard InChI is InChI=1S/C10H16BF4.K/c12-5-3-1-2-4-9-6-10(7-9,8-9)11(13,14)15;/h1-8H2;/q-1;+1. The maximum atomic E-state index is 12.5. The van der Waals surface area contributed by atoms with Gasteiger partial charge < -0.3 is 12.9 Å². The fraction of sp³-hybridized carbons (Fsp3) is 1.00. The third kappa shape index (κ3) is 2.56. The van der Waals surface area contributed by atoms with Gasteiger partial charge in [0.1, 0.15) is 0 Å². The number of alkyl halides is 1. The zero-order chi connectivity index (χ0) is 11.2. The van der Waals surface area contributed by atoms with Crippen LogP contribution in [0, 0.1) is 5.41 Å². The van der Waals surface area contributed by atoms with Crippen LogP contribution in [0.4, 0.5) is 17.3 Å². The van der Waals surface area contributed by atoms with Crippen molar-refractivity contribution in [2.45, 2.75) is 50.3 Å². The predicted molar refractivity (Wildman–Crippen MR) is 52.5 cm³/mol. The zero-order valence-corrected chi connectivity index (χ0v) is 12.9. The first-order valence-corrected chi connectivity index (χ1v) is 5.69. The maximum absolute atomic E-state index is 12.5. The van der Waals surface area contributed by atoms with E-state index in [0.29, 0.717) is 25.7 Å². The van der Waals surface area contributed by atoms with Gasteiger partial charge in [0, 0.05) is 0 Å². The molecule has 0 saturated heterocycles. The van der Waals surface area contributed by atoms with Gasteiger partial charge in [-0.1, -0.05) is 37.4 Å². The van der Waals surface area contributed by atoms with E-state index < -0.39 is 12.3 Å². The molecule has 0 atom stereocenters. The molecule has 0 aliphatic heterocycles. The summed E-state index contributed by atoms with van der Waals surface area (Å²) in [5.74, 6) is 0. The Labute approximate surface area is 136 Å². The average molecular weight is 262 g/mol. The van der Waals surface area contributed by atoms with E-state index in [1.165, 1.54) is 0 Å². The first-order chi connectivity index (χ1) is 6.93. The first-order valence-electron chi connectivity index (χ1n) is 5.69. The van der Waals surface area contributed by atoms with Crippen LogP contribution in [0.5, 0.6) is 0 Å². The van der Waals surface area contributed by atoms with Gasteiger partial charge in [-0.15, -0.1) is 0 Å². The van der Waals surface area contributed by atoms with E-state index in [9.17, 15) is 17.3 Å². The molecule has 0 radical (unpaired) electrons. The van der Waals surface area contributed by atoms with Crippen LogP contribution >= 0.6 is 0 Å². The third-order valence-corrected chi connectivity index (χ3v) is 4.22. The fourth-order valence-electron chi connectivity index (χ4n) is 3.47. The van der Waals surface area contributed by atoms with Gasteiger partial charge in [0.25, 0.3) is 0 Å². The second-order valence-corrected chi connectivity index (χ2v) is 5.47. The predicted octanol–water partition coefficient (Wildman–Crippen LogP) is 1.29. The molecule has 0 amide bonds.